The molecule has 6 nitrogen and oxygen atoms in total. The first-order chi connectivity index (χ1) is 11.8. The number of para-hydroxylation sites is 1. The van der Waals surface area contributed by atoms with Crippen LogP contribution in [0.1, 0.15) is 26.3 Å². The van der Waals surface area contributed by atoms with Crippen LogP contribution in [0.5, 0.6) is 5.75 Å². The van der Waals surface area contributed by atoms with Crippen molar-refractivity contribution >= 4 is 18.1 Å². The highest BCUT2D eigenvalue weighted by atomic mass is 19.1. The van der Waals surface area contributed by atoms with Crippen molar-refractivity contribution in [1.29, 1.82) is 0 Å². The lowest BCUT2D eigenvalue weighted by Crippen LogP contribution is -2.22. The van der Waals surface area contributed by atoms with Crippen LogP contribution in [0.4, 0.5) is 8.78 Å². The van der Waals surface area contributed by atoms with Crippen molar-refractivity contribution in [1.82, 2.24) is 5.01 Å². The summed E-state index contributed by atoms with van der Waals surface area (Å²) in [5, 5.41) is 13.4. The highest BCUT2D eigenvalue weighted by Gasteiger charge is 2.17. The summed E-state index contributed by atoms with van der Waals surface area (Å²) in [6, 6.07) is 7.79. The maximum Gasteiger partial charge on any atom is 0.335 e. The van der Waals surface area contributed by atoms with Gasteiger partial charge in [0, 0.05) is 7.05 Å². The van der Waals surface area contributed by atoms with E-state index in [4.69, 9.17) is 9.84 Å². The monoisotopic (exact) mass is 348 g/mol. The Kier molecular flexibility index (Phi) is 5.43. The van der Waals surface area contributed by atoms with Crippen LogP contribution in [0.3, 0.4) is 0 Å². The minimum atomic E-state index is -1.45. The number of carbonyl (C=O) groups excluding carboxylic acids is 1. The summed E-state index contributed by atoms with van der Waals surface area (Å²) in [6.45, 7) is 0. The second kappa shape index (κ2) is 7.52. The van der Waals surface area contributed by atoms with Gasteiger partial charge in [-0.25, -0.2) is 18.6 Å². The van der Waals surface area contributed by atoms with Gasteiger partial charge in [0.2, 0.25) is 0 Å². The number of hydrogen-bond donors (Lipinski definition) is 1. The highest BCUT2D eigenvalue weighted by Crippen LogP contribution is 2.19. The van der Waals surface area contributed by atoms with E-state index in [0.29, 0.717) is 17.9 Å². The molecule has 1 amide bonds. The van der Waals surface area contributed by atoms with Gasteiger partial charge < -0.3 is 9.84 Å². The second-order valence-corrected chi connectivity index (χ2v) is 4.93. The van der Waals surface area contributed by atoms with Crippen molar-refractivity contribution in [3.63, 3.8) is 0 Å². The van der Waals surface area contributed by atoms with Gasteiger partial charge in [0.15, 0.2) is 0 Å². The van der Waals surface area contributed by atoms with Crippen LogP contribution in [-0.4, -0.2) is 42.4 Å². The summed E-state index contributed by atoms with van der Waals surface area (Å²) in [5.74, 6) is -3.86. The van der Waals surface area contributed by atoms with Crippen LogP contribution >= 0.6 is 0 Å². The maximum atomic E-state index is 13.8. The van der Waals surface area contributed by atoms with Crippen LogP contribution in [0.2, 0.25) is 0 Å². The topological polar surface area (TPSA) is 79.2 Å². The Morgan fingerprint density at radius 1 is 1.20 bits per heavy atom. The molecular weight excluding hydrogens is 334 g/mol. The molecule has 0 saturated carbocycles. The van der Waals surface area contributed by atoms with Gasteiger partial charge in [-0.1, -0.05) is 12.1 Å². The van der Waals surface area contributed by atoms with Gasteiger partial charge >= 0.3 is 5.97 Å². The zero-order chi connectivity index (χ0) is 18.6. The fraction of sp³-hybridized carbons (Fsp3) is 0.118. The third kappa shape index (κ3) is 3.97. The van der Waals surface area contributed by atoms with Gasteiger partial charge in [0.1, 0.15) is 17.4 Å². The maximum absolute atomic E-state index is 13.8. The van der Waals surface area contributed by atoms with Crippen molar-refractivity contribution in [2.45, 2.75) is 0 Å². The summed E-state index contributed by atoms with van der Waals surface area (Å²) in [6.07, 6.45) is 0.809. The molecule has 0 fully saturated rings. The quantitative estimate of drug-likeness (QED) is 0.666. The van der Waals surface area contributed by atoms with Crippen molar-refractivity contribution in [2.24, 2.45) is 5.10 Å². The Bertz CT molecular complexity index is 829. The van der Waals surface area contributed by atoms with Gasteiger partial charge in [0.25, 0.3) is 5.91 Å². The molecule has 2 aromatic rings. The van der Waals surface area contributed by atoms with E-state index in [1.807, 2.05) is 0 Å². The predicted octanol–water partition coefficient (Wildman–Crippen LogP) is 2.78. The largest absolute Gasteiger partial charge is 0.496 e. The molecular formula is C17H14F2N2O4. The van der Waals surface area contributed by atoms with Crippen molar-refractivity contribution in [2.75, 3.05) is 14.2 Å². The van der Waals surface area contributed by atoms with Crippen molar-refractivity contribution in [3.8, 4) is 5.75 Å². The Morgan fingerprint density at radius 2 is 1.80 bits per heavy atom. The van der Waals surface area contributed by atoms with E-state index < -0.39 is 34.6 Å². The predicted molar refractivity (Wildman–Crippen MR) is 86.0 cm³/mol. The Labute approximate surface area is 142 Å². The molecule has 0 aliphatic heterocycles. The number of nitrogens with zero attached hydrogens (tertiary/aromatic N) is 2. The number of benzene rings is 2. The number of carboxylic acid groups (broad SMARTS) is 1. The van der Waals surface area contributed by atoms with E-state index in [-0.39, 0.29) is 5.56 Å². The second-order valence-electron chi connectivity index (χ2n) is 4.93. The number of hydrogen-bond acceptors (Lipinski definition) is 4. The number of ether oxygens (including phenoxy) is 1. The Hall–Kier alpha value is -3.29. The number of aromatic carboxylic acids is 1. The molecule has 0 unspecified atom stereocenters. The molecule has 130 valence electrons. The number of hydrazone groups is 1. The molecule has 0 spiro atoms. The van der Waals surface area contributed by atoms with Crippen LogP contribution in [0.25, 0.3) is 0 Å². The van der Waals surface area contributed by atoms with Crippen molar-refractivity contribution in [3.05, 3.63) is 64.7 Å². The summed E-state index contributed by atoms with van der Waals surface area (Å²) >= 11 is 0. The molecule has 0 aliphatic rings. The van der Waals surface area contributed by atoms with Gasteiger partial charge in [0.05, 0.1) is 30.0 Å². The third-order valence-electron chi connectivity index (χ3n) is 3.32. The number of carboxylic acids is 1. The average Bonchev–Trinajstić information content (AvgIpc) is 2.59. The first kappa shape index (κ1) is 18.1. The van der Waals surface area contributed by atoms with Gasteiger partial charge in [-0.2, -0.15) is 5.10 Å². The zero-order valence-corrected chi connectivity index (χ0v) is 13.4. The smallest absolute Gasteiger partial charge is 0.335 e. The molecule has 8 heteroatoms. The minimum absolute atomic E-state index is 0.229. The van der Waals surface area contributed by atoms with Crippen LogP contribution in [-0.2, 0) is 0 Å². The fourth-order valence-electron chi connectivity index (χ4n) is 2.02. The SMILES string of the molecule is COc1ccccc1C(=O)N(C)N=Cc1c(F)cc(C(=O)O)cc1F. The first-order valence-electron chi connectivity index (χ1n) is 7.02. The number of halogens is 2. The zero-order valence-electron chi connectivity index (χ0n) is 13.4. The Morgan fingerprint density at radius 3 is 2.36 bits per heavy atom. The molecule has 0 bridgehead atoms. The van der Waals surface area contributed by atoms with E-state index in [0.717, 1.165) is 11.2 Å². The van der Waals surface area contributed by atoms with E-state index >= 15 is 0 Å². The Balaban J connectivity index is 2.27. The number of methoxy groups -OCH3 is 1. The molecule has 0 atom stereocenters. The standard InChI is InChI=1S/C17H14F2N2O4/c1-21(16(22)11-5-3-4-6-15(11)25-2)20-9-12-13(18)7-10(17(23)24)8-14(12)19/h3-9H,1-2H3,(H,23,24). The lowest BCUT2D eigenvalue weighted by molar-refractivity contribution is 0.0695. The van der Waals surface area contributed by atoms with Crippen LogP contribution in [0, 0.1) is 11.6 Å². The molecule has 2 rings (SSSR count). The summed E-state index contributed by atoms with van der Waals surface area (Å²) in [4.78, 5) is 23.1. The van der Waals surface area contributed by atoms with Gasteiger partial charge in [-0.15, -0.1) is 0 Å². The molecule has 0 saturated heterocycles. The van der Waals surface area contributed by atoms with E-state index in [1.165, 1.54) is 20.2 Å². The molecule has 0 heterocycles. The lowest BCUT2D eigenvalue weighted by Gasteiger charge is -2.13. The van der Waals surface area contributed by atoms with E-state index in [1.54, 1.807) is 18.2 Å². The van der Waals surface area contributed by atoms with E-state index in [2.05, 4.69) is 5.10 Å². The number of rotatable bonds is 5. The molecule has 0 radical (unpaired) electrons. The van der Waals surface area contributed by atoms with Crippen molar-refractivity contribution < 1.29 is 28.2 Å². The fourth-order valence-corrected chi connectivity index (χ4v) is 2.02. The third-order valence-corrected chi connectivity index (χ3v) is 3.32. The molecule has 0 aliphatic carbocycles. The van der Waals surface area contributed by atoms with Gasteiger partial charge in [-0.05, 0) is 24.3 Å². The minimum Gasteiger partial charge on any atom is -0.496 e. The molecule has 0 aromatic heterocycles. The van der Waals surface area contributed by atoms with Crippen LogP contribution in [0.15, 0.2) is 41.5 Å². The average molecular weight is 348 g/mol. The summed E-state index contributed by atoms with van der Waals surface area (Å²) in [7, 11) is 2.72. The normalized spacial score (nSPS) is 10.7. The molecule has 2 aromatic carbocycles. The summed E-state index contributed by atoms with van der Waals surface area (Å²) in [5.41, 5.74) is -0.845. The number of amides is 1. The van der Waals surface area contributed by atoms with E-state index in [9.17, 15) is 18.4 Å². The van der Waals surface area contributed by atoms with Gasteiger partial charge in [-0.3, -0.25) is 4.79 Å². The molecule has 25 heavy (non-hydrogen) atoms. The number of carbonyl (C=O) groups is 2. The molecule has 1 N–H and O–H groups in total. The first-order valence-corrected chi connectivity index (χ1v) is 7.02. The van der Waals surface area contributed by atoms with Crippen LogP contribution < -0.4 is 4.74 Å². The summed E-state index contributed by atoms with van der Waals surface area (Å²) < 4.78 is 32.8. The lowest BCUT2D eigenvalue weighted by atomic mass is 10.1. The highest BCUT2D eigenvalue weighted by molar-refractivity contribution is 5.97.